The number of aliphatic hydroxyl groups is 1. The highest BCUT2D eigenvalue weighted by Gasteiger charge is 2.68. The van der Waals surface area contributed by atoms with Crippen LogP contribution in [0.25, 0.3) is 6.08 Å². The van der Waals surface area contributed by atoms with Crippen LogP contribution < -0.4 is 10.2 Å². The van der Waals surface area contributed by atoms with Crippen LogP contribution in [-0.2, 0) is 14.4 Å². The Bertz CT molecular complexity index is 1090. The molecule has 0 aromatic heterocycles. The molecular weight excluding hydrogens is 420 g/mol. The molecule has 4 rings (SSSR count). The molecular formula is C23H21ClN2O5. The molecule has 0 spiro atoms. The Morgan fingerprint density at radius 2 is 1.90 bits per heavy atom. The Kier molecular flexibility index (Phi) is 5.43. The van der Waals surface area contributed by atoms with Crippen LogP contribution in [0.3, 0.4) is 0 Å². The second-order valence-electron chi connectivity index (χ2n) is 7.82. The lowest BCUT2D eigenvalue weighted by molar-refractivity contribution is -0.150. The van der Waals surface area contributed by atoms with Gasteiger partial charge in [-0.2, -0.15) is 0 Å². The molecule has 0 bridgehead atoms. The number of halogens is 1. The first-order valence-electron chi connectivity index (χ1n) is 9.79. The van der Waals surface area contributed by atoms with E-state index < -0.39 is 47.8 Å². The summed E-state index contributed by atoms with van der Waals surface area (Å²) in [5.74, 6) is -4.81. The third-order valence-corrected chi connectivity index (χ3v) is 6.44. The number of nitrogens with zero attached hydrogens (tertiary/aromatic N) is 1. The van der Waals surface area contributed by atoms with E-state index in [-0.39, 0.29) is 5.69 Å². The number of amides is 2. The minimum atomic E-state index is -1.97. The van der Waals surface area contributed by atoms with Crippen LogP contribution in [0.2, 0.25) is 5.02 Å². The highest BCUT2D eigenvalue weighted by molar-refractivity contribution is 6.32. The lowest BCUT2D eigenvalue weighted by Crippen LogP contribution is -2.59. The SMILES string of the molecule is Cc1ccc(N2C(=O)C3C(C=Cc4ccccc4)NC(CO)(C(=O)O)C3C2=O)cc1Cl. The van der Waals surface area contributed by atoms with Crippen molar-refractivity contribution >= 4 is 41.1 Å². The van der Waals surface area contributed by atoms with E-state index in [1.807, 2.05) is 30.3 Å². The maximum Gasteiger partial charge on any atom is 0.327 e. The van der Waals surface area contributed by atoms with Crippen molar-refractivity contribution in [3.8, 4) is 0 Å². The van der Waals surface area contributed by atoms with Crippen molar-refractivity contribution in [3.05, 3.63) is 70.8 Å². The van der Waals surface area contributed by atoms with Gasteiger partial charge in [-0.25, -0.2) is 4.90 Å². The van der Waals surface area contributed by atoms with Crippen molar-refractivity contribution < 1.29 is 24.6 Å². The van der Waals surface area contributed by atoms with Gasteiger partial charge < -0.3 is 10.2 Å². The first-order valence-corrected chi connectivity index (χ1v) is 10.2. The minimum Gasteiger partial charge on any atom is -0.480 e. The molecule has 2 aliphatic heterocycles. The Balaban J connectivity index is 1.77. The van der Waals surface area contributed by atoms with Crippen LogP contribution >= 0.6 is 11.6 Å². The number of hydrogen-bond donors (Lipinski definition) is 3. The van der Waals surface area contributed by atoms with Crippen molar-refractivity contribution in [1.82, 2.24) is 5.32 Å². The fourth-order valence-corrected chi connectivity index (χ4v) is 4.55. The number of aryl methyl sites for hydroxylation is 1. The highest BCUT2D eigenvalue weighted by Crippen LogP contribution is 2.45. The van der Waals surface area contributed by atoms with Gasteiger partial charge >= 0.3 is 5.97 Å². The largest absolute Gasteiger partial charge is 0.480 e. The maximum atomic E-state index is 13.4. The van der Waals surface area contributed by atoms with Crippen LogP contribution in [0.1, 0.15) is 11.1 Å². The molecule has 0 radical (unpaired) electrons. The molecule has 2 aliphatic rings. The summed E-state index contributed by atoms with van der Waals surface area (Å²) in [7, 11) is 0. The third-order valence-electron chi connectivity index (χ3n) is 6.03. The first kappa shape index (κ1) is 21.2. The average molecular weight is 441 g/mol. The van der Waals surface area contributed by atoms with E-state index in [1.165, 1.54) is 6.07 Å². The third kappa shape index (κ3) is 3.35. The number of carboxylic acids is 1. The first-order chi connectivity index (χ1) is 14.8. The molecule has 0 saturated carbocycles. The second kappa shape index (κ2) is 7.92. The molecule has 31 heavy (non-hydrogen) atoms. The zero-order valence-corrected chi connectivity index (χ0v) is 17.4. The topological polar surface area (TPSA) is 107 Å². The molecule has 2 aromatic carbocycles. The number of nitrogens with one attached hydrogen (secondary N) is 1. The summed E-state index contributed by atoms with van der Waals surface area (Å²) in [6.07, 6.45) is 3.43. The van der Waals surface area contributed by atoms with E-state index in [0.717, 1.165) is 16.0 Å². The Morgan fingerprint density at radius 3 is 2.52 bits per heavy atom. The van der Waals surface area contributed by atoms with Crippen molar-refractivity contribution in [3.63, 3.8) is 0 Å². The summed E-state index contributed by atoms with van der Waals surface area (Å²) in [5.41, 5.74) is -0.0447. The van der Waals surface area contributed by atoms with Gasteiger partial charge in [0.2, 0.25) is 11.8 Å². The second-order valence-corrected chi connectivity index (χ2v) is 8.23. The number of carbonyl (C=O) groups excluding carboxylic acids is 2. The maximum absolute atomic E-state index is 13.4. The number of aliphatic carboxylic acids is 1. The van der Waals surface area contributed by atoms with Crippen LogP contribution in [-0.4, -0.2) is 46.2 Å². The molecule has 160 valence electrons. The lowest BCUT2D eigenvalue weighted by Gasteiger charge is -2.28. The number of hydrogen-bond acceptors (Lipinski definition) is 5. The highest BCUT2D eigenvalue weighted by atomic mass is 35.5. The summed E-state index contributed by atoms with van der Waals surface area (Å²) in [6.45, 7) is 0.963. The lowest BCUT2D eigenvalue weighted by atomic mass is 9.80. The number of carbonyl (C=O) groups is 3. The Morgan fingerprint density at radius 1 is 1.19 bits per heavy atom. The summed E-state index contributed by atoms with van der Waals surface area (Å²) < 4.78 is 0. The van der Waals surface area contributed by atoms with Crippen LogP contribution in [0.4, 0.5) is 5.69 Å². The van der Waals surface area contributed by atoms with Crippen molar-refractivity contribution in [2.24, 2.45) is 11.8 Å². The summed E-state index contributed by atoms with van der Waals surface area (Å²) >= 11 is 6.18. The number of fused-ring (bicyclic) bond motifs is 1. The van der Waals surface area contributed by atoms with Gasteiger partial charge in [-0.05, 0) is 30.2 Å². The fourth-order valence-electron chi connectivity index (χ4n) is 4.38. The molecule has 3 N–H and O–H groups in total. The number of rotatable bonds is 5. The van der Waals surface area contributed by atoms with Gasteiger partial charge in [-0.3, -0.25) is 19.7 Å². The van der Waals surface area contributed by atoms with Gasteiger partial charge in [-0.15, -0.1) is 0 Å². The Labute approximate surface area is 183 Å². The van der Waals surface area contributed by atoms with Crippen molar-refractivity contribution in [1.29, 1.82) is 0 Å². The van der Waals surface area contributed by atoms with Crippen LogP contribution in [0, 0.1) is 18.8 Å². The monoisotopic (exact) mass is 440 g/mol. The van der Waals surface area contributed by atoms with Gasteiger partial charge in [0.25, 0.3) is 0 Å². The average Bonchev–Trinajstić information content (AvgIpc) is 3.23. The summed E-state index contributed by atoms with van der Waals surface area (Å²) in [6, 6.07) is 13.3. The predicted molar refractivity (Wildman–Crippen MR) is 116 cm³/mol. The number of anilines is 1. The van der Waals surface area contributed by atoms with E-state index >= 15 is 0 Å². The van der Waals surface area contributed by atoms with Crippen molar-refractivity contribution in [2.75, 3.05) is 11.5 Å². The van der Waals surface area contributed by atoms with Crippen molar-refractivity contribution in [2.45, 2.75) is 18.5 Å². The van der Waals surface area contributed by atoms with E-state index in [0.29, 0.717) is 5.02 Å². The molecule has 2 fully saturated rings. The minimum absolute atomic E-state index is 0.281. The number of benzene rings is 2. The molecule has 8 heteroatoms. The summed E-state index contributed by atoms with van der Waals surface area (Å²) in [4.78, 5) is 39.8. The van der Waals surface area contributed by atoms with Crippen LogP contribution in [0.15, 0.2) is 54.6 Å². The zero-order valence-electron chi connectivity index (χ0n) is 16.7. The van der Waals surface area contributed by atoms with E-state index in [9.17, 15) is 24.6 Å². The van der Waals surface area contributed by atoms with E-state index in [1.54, 1.807) is 31.2 Å². The van der Waals surface area contributed by atoms with Gasteiger partial charge in [-0.1, -0.05) is 60.2 Å². The van der Waals surface area contributed by atoms with Crippen LogP contribution in [0.5, 0.6) is 0 Å². The number of aliphatic hydroxyl groups excluding tert-OH is 1. The number of imide groups is 1. The van der Waals surface area contributed by atoms with E-state index in [2.05, 4.69) is 5.32 Å². The molecule has 2 heterocycles. The molecule has 4 atom stereocenters. The summed E-state index contributed by atoms with van der Waals surface area (Å²) in [5, 5.41) is 23.2. The molecule has 2 amide bonds. The Hall–Kier alpha value is -3.00. The zero-order chi connectivity index (χ0) is 22.3. The smallest absolute Gasteiger partial charge is 0.327 e. The van der Waals surface area contributed by atoms with Gasteiger partial charge in [0.1, 0.15) is 0 Å². The van der Waals surface area contributed by atoms with Gasteiger partial charge in [0.05, 0.1) is 24.1 Å². The quantitative estimate of drug-likeness (QED) is 0.616. The fraction of sp³-hybridized carbons (Fsp3) is 0.261. The molecule has 2 saturated heterocycles. The van der Waals surface area contributed by atoms with Gasteiger partial charge in [0, 0.05) is 11.1 Å². The van der Waals surface area contributed by atoms with Gasteiger partial charge in [0.15, 0.2) is 5.54 Å². The predicted octanol–water partition coefficient (Wildman–Crippen LogP) is 2.25. The molecule has 2 aromatic rings. The number of carboxylic acid groups (broad SMARTS) is 1. The molecule has 7 nitrogen and oxygen atoms in total. The molecule has 0 aliphatic carbocycles. The van der Waals surface area contributed by atoms with E-state index in [4.69, 9.17) is 11.6 Å². The normalized spacial score (nSPS) is 27.8. The standard InChI is InChI=1S/C23H21ClN2O5/c1-13-7-9-15(11-16(13)24)26-20(28)18-17(10-8-14-5-3-2-4-6-14)25-23(12-27,22(30)31)19(18)21(26)29/h2-11,17-19,25,27H,12H2,1H3,(H,30,31). The molecule has 4 unspecified atom stereocenters.